The average Bonchev–Trinajstić information content (AvgIpc) is 2.47. The summed E-state index contributed by atoms with van der Waals surface area (Å²) in [5, 5.41) is 2.75. The Morgan fingerprint density at radius 1 is 1.10 bits per heavy atom. The molecular formula is C16H19N3O2. The lowest BCUT2D eigenvalue weighted by Gasteiger charge is -2.19. The zero-order valence-electron chi connectivity index (χ0n) is 12.7. The molecule has 0 spiro atoms. The number of nitrogens with zero attached hydrogens (tertiary/aromatic N) is 2. The van der Waals surface area contributed by atoms with Gasteiger partial charge in [-0.1, -0.05) is 32.9 Å². The van der Waals surface area contributed by atoms with Crippen molar-refractivity contribution in [3.63, 3.8) is 0 Å². The number of aromatic nitrogens is 2. The van der Waals surface area contributed by atoms with Crippen LogP contribution in [0.15, 0.2) is 36.7 Å². The molecule has 2 rings (SSSR count). The Balaban J connectivity index is 2.09. The van der Waals surface area contributed by atoms with E-state index in [1.807, 2.05) is 24.3 Å². The lowest BCUT2D eigenvalue weighted by atomic mass is 9.87. The van der Waals surface area contributed by atoms with E-state index in [1.165, 1.54) is 25.1 Å². The fourth-order valence-electron chi connectivity index (χ4n) is 1.81. The number of ether oxygens (including phenoxy) is 1. The Bertz CT molecular complexity index is 613. The fraction of sp³-hybridized carbons (Fsp3) is 0.312. The van der Waals surface area contributed by atoms with E-state index in [0.717, 1.165) is 0 Å². The molecule has 5 heteroatoms. The summed E-state index contributed by atoms with van der Waals surface area (Å²) >= 11 is 0. The van der Waals surface area contributed by atoms with Crippen LogP contribution in [0, 0.1) is 0 Å². The molecule has 1 N–H and O–H groups in total. The van der Waals surface area contributed by atoms with Crippen molar-refractivity contribution < 1.29 is 9.53 Å². The van der Waals surface area contributed by atoms with E-state index in [2.05, 4.69) is 36.1 Å². The van der Waals surface area contributed by atoms with Crippen LogP contribution < -0.4 is 10.1 Å². The normalized spacial score (nSPS) is 11.0. The minimum absolute atomic E-state index is 0.0683. The Morgan fingerprint density at radius 3 is 2.14 bits per heavy atom. The van der Waals surface area contributed by atoms with Crippen LogP contribution in [0.1, 0.15) is 36.7 Å². The number of nitrogens with one attached hydrogen (secondary N) is 1. The van der Waals surface area contributed by atoms with Gasteiger partial charge in [0.25, 0.3) is 5.91 Å². The quantitative estimate of drug-likeness (QED) is 0.941. The van der Waals surface area contributed by atoms with Gasteiger partial charge >= 0.3 is 6.01 Å². The second-order valence-corrected chi connectivity index (χ2v) is 5.74. The van der Waals surface area contributed by atoms with E-state index >= 15 is 0 Å². The average molecular weight is 285 g/mol. The minimum atomic E-state index is -0.191. The first-order valence-electron chi connectivity index (χ1n) is 6.68. The summed E-state index contributed by atoms with van der Waals surface area (Å²) in [5.74, 6) is -0.191. The maximum absolute atomic E-state index is 12.1. The van der Waals surface area contributed by atoms with E-state index in [9.17, 15) is 4.79 Å². The van der Waals surface area contributed by atoms with Gasteiger partial charge in [0.15, 0.2) is 0 Å². The minimum Gasteiger partial charge on any atom is -0.467 e. The standard InChI is InChI=1S/C16H19N3O2/c1-16(2,3)12-7-5-11(6-8-12)14(20)19-13-9-17-15(21-4)18-10-13/h5-10H,1-4H3,(H,19,20). The van der Waals surface area contributed by atoms with Crippen LogP contribution in [0.4, 0.5) is 5.69 Å². The topological polar surface area (TPSA) is 64.1 Å². The number of hydrogen-bond acceptors (Lipinski definition) is 4. The molecule has 0 bridgehead atoms. The highest BCUT2D eigenvalue weighted by Crippen LogP contribution is 2.22. The summed E-state index contributed by atoms with van der Waals surface area (Å²) in [7, 11) is 1.49. The Labute approximate surface area is 124 Å². The summed E-state index contributed by atoms with van der Waals surface area (Å²) in [4.78, 5) is 20.0. The van der Waals surface area contributed by atoms with E-state index in [0.29, 0.717) is 11.3 Å². The SMILES string of the molecule is COc1ncc(NC(=O)c2ccc(C(C)(C)C)cc2)cn1. The van der Waals surface area contributed by atoms with Crippen molar-refractivity contribution in [2.45, 2.75) is 26.2 Å². The van der Waals surface area contributed by atoms with Gasteiger partial charge in [0, 0.05) is 5.56 Å². The van der Waals surface area contributed by atoms with Gasteiger partial charge in [-0.05, 0) is 23.1 Å². The first kappa shape index (κ1) is 15.0. The molecule has 110 valence electrons. The van der Waals surface area contributed by atoms with Crippen molar-refractivity contribution in [1.82, 2.24) is 9.97 Å². The lowest BCUT2D eigenvalue weighted by Crippen LogP contribution is -2.14. The number of carbonyl (C=O) groups excluding carboxylic acids is 1. The highest BCUT2D eigenvalue weighted by molar-refractivity contribution is 6.04. The van der Waals surface area contributed by atoms with Gasteiger partial charge in [0.1, 0.15) is 0 Å². The van der Waals surface area contributed by atoms with Crippen molar-refractivity contribution in [3.8, 4) is 6.01 Å². The van der Waals surface area contributed by atoms with Crippen LogP contribution in [0.3, 0.4) is 0 Å². The molecule has 0 saturated heterocycles. The molecule has 0 saturated carbocycles. The third-order valence-corrected chi connectivity index (χ3v) is 3.08. The predicted molar refractivity (Wildman–Crippen MR) is 81.7 cm³/mol. The van der Waals surface area contributed by atoms with Crippen molar-refractivity contribution in [3.05, 3.63) is 47.8 Å². The molecular weight excluding hydrogens is 266 g/mol. The smallest absolute Gasteiger partial charge is 0.316 e. The third kappa shape index (κ3) is 3.78. The van der Waals surface area contributed by atoms with Gasteiger partial charge in [0.05, 0.1) is 25.2 Å². The van der Waals surface area contributed by atoms with Gasteiger partial charge < -0.3 is 10.1 Å². The molecule has 0 atom stereocenters. The van der Waals surface area contributed by atoms with Crippen LogP contribution in [0.2, 0.25) is 0 Å². The number of anilines is 1. The summed E-state index contributed by atoms with van der Waals surface area (Å²) in [6.07, 6.45) is 3.01. The zero-order valence-corrected chi connectivity index (χ0v) is 12.7. The van der Waals surface area contributed by atoms with Crippen LogP contribution >= 0.6 is 0 Å². The lowest BCUT2D eigenvalue weighted by molar-refractivity contribution is 0.102. The Kier molecular flexibility index (Phi) is 4.21. The molecule has 0 aliphatic rings. The van der Waals surface area contributed by atoms with Crippen molar-refractivity contribution in [1.29, 1.82) is 0 Å². The summed E-state index contributed by atoms with van der Waals surface area (Å²) in [6, 6.07) is 7.85. The molecule has 2 aromatic rings. The Hall–Kier alpha value is -2.43. The maximum Gasteiger partial charge on any atom is 0.316 e. The highest BCUT2D eigenvalue weighted by Gasteiger charge is 2.14. The van der Waals surface area contributed by atoms with E-state index in [1.54, 1.807) is 0 Å². The second-order valence-electron chi connectivity index (χ2n) is 5.74. The van der Waals surface area contributed by atoms with Crippen LogP contribution in [0.25, 0.3) is 0 Å². The molecule has 1 aromatic carbocycles. The largest absolute Gasteiger partial charge is 0.467 e. The van der Waals surface area contributed by atoms with Gasteiger partial charge in [-0.25, -0.2) is 9.97 Å². The van der Waals surface area contributed by atoms with Gasteiger partial charge in [-0.3, -0.25) is 4.79 Å². The van der Waals surface area contributed by atoms with Crippen molar-refractivity contribution in [2.24, 2.45) is 0 Å². The van der Waals surface area contributed by atoms with Crippen LogP contribution in [-0.4, -0.2) is 23.0 Å². The molecule has 5 nitrogen and oxygen atoms in total. The van der Waals surface area contributed by atoms with E-state index in [4.69, 9.17) is 4.74 Å². The second kappa shape index (κ2) is 5.91. The van der Waals surface area contributed by atoms with Gasteiger partial charge in [-0.2, -0.15) is 0 Å². The fourth-order valence-corrected chi connectivity index (χ4v) is 1.81. The van der Waals surface area contributed by atoms with Gasteiger partial charge in [0.2, 0.25) is 0 Å². The molecule has 1 aromatic heterocycles. The summed E-state index contributed by atoms with van der Waals surface area (Å²) < 4.78 is 4.87. The van der Waals surface area contributed by atoms with Crippen LogP contribution in [-0.2, 0) is 5.41 Å². The Morgan fingerprint density at radius 2 is 1.67 bits per heavy atom. The number of carbonyl (C=O) groups is 1. The predicted octanol–water partition coefficient (Wildman–Crippen LogP) is 3.04. The molecule has 21 heavy (non-hydrogen) atoms. The first-order valence-corrected chi connectivity index (χ1v) is 6.68. The molecule has 0 aliphatic heterocycles. The summed E-state index contributed by atoms with van der Waals surface area (Å²) in [5.41, 5.74) is 2.38. The first-order chi connectivity index (χ1) is 9.90. The van der Waals surface area contributed by atoms with Crippen molar-refractivity contribution >= 4 is 11.6 Å². The number of methoxy groups -OCH3 is 1. The number of benzene rings is 1. The van der Waals surface area contributed by atoms with Crippen molar-refractivity contribution in [2.75, 3.05) is 12.4 Å². The van der Waals surface area contributed by atoms with E-state index in [-0.39, 0.29) is 17.3 Å². The molecule has 0 fully saturated rings. The number of hydrogen-bond donors (Lipinski definition) is 1. The van der Waals surface area contributed by atoms with E-state index < -0.39 is 0 Å². The molecule has 1 heterocycles. The highest BCUT2D eigenvalue weighted by atomic mass is 16.5. The van der Waals surface area contributed by atoms with Crippen LogP contribution in [0.5, 0.6) is 6.01 Å². The summed E-state index contributed by atoms with van der Waals surface area (Å²) in [6.45, 7) is 6.41. The zero-order chi connectivity index (χ0) is 15.5. The monoisotopic (exact) mass is 285 g/mol. The number of amides is 1. The molecule has 0 unspecified atom stereocenters. The number of rotatable bonds is 3. The molecule has 1 amide bonds. The van der Waals surface area contributed by atoms with Gasteiger partial charge in [-0.15, -0.1) is 0 Å². The third-order valence-electron chi connectivity index (χ3n) is 3.08. The molecule has 0 radical (unpaired) electrons. The molecule has 0 aliphatic carbocycles. The maximum atomic E-state index is 12.1.